The summed E-state index contributed by atoms with van der Waals surface area (Å²) in [6, 6.07) is 16.4. The van der Waals surface area contributed by atoms with Crippen LogP contribution < -0.4 is 10.2 Å². The average Bonchev–Trinajstić information content (AvgIpc) is 3.82. The van der Waals surface area contributed by atoms with Gasteiger partial charge in [-0.05, 0) is 79.7 Å². The number of likely N-dealkylation sites (tertiary alicyclic amines) is 1. The molecule has 4 fully saturated rings. The number of nitrogens with one attached hydrogen (secondary N) is 1. The van der Waals surface area contributed by atoms with Gasteiger partial charge in [-0.3, -0.25) is 53.6 Å². The molecule has 4 saturated heterocycles. The summed E-state index contributed by atoms with van der Waals surface area (Å²) in [5, 5.41) is 9.49. The van der Waals surface area contributed by atoms with Gasteiger partial charge in [-0.2, -0.15) is 5.10 Å². The number of rotatable bonds is 7. The van der Waals surface area contributed by atoms with Crippen molar-refractivity contribution in [2.75, 3.05) is 50.8 Å². The van der Waals surface area contributed by atoms with Crippen molar-refractivity contribution < 1.29 is 33.5 Å². The summed E-state index contributed by atoms with van der Waals surface area (Å²) in [4.78, 5) is 93.9. The molecule has 16 heteroatoms. The second-order valence-corrected chi connectivity index (χ2v) is 18.2. The number of piperidine rings is 2. The van der Waals surface area contributed by atoms with E-state index >= 15 is 0 Å². The van der Waals surface area contributed by atoms with Crippen molar-refractivity contribution in [3.05, 3.63) is 95.1 Å². The summed E-state index contributed by atoms with van der Waals surface area (Å²) in [6.07, 6.45) is 8.08. The van der Waals surface area contributed by atoms with Crippen LogP contribution in [0.3, 0.4) is 0 Å². The molecular weight excluding hydrogens is 827 g/mol. The molecule has 5 aromatic rings. The molecular formula is C49H49N9O7. The molecule has 3 aromatic heterocycles. The maximum Gasteiger partial charge on any atom is 0.272 e. The van der Waals surface area contributed by atoms with E-state index in [0.29, 0.717) is 68.2 Å². The molecule has 6 aliphatic rings. The summed E-state index contributed by atoms with van der Waals surface area (Å²) in [6.45, 7) is 6.96. The normalized spacial score (nSPS) is 20.8. The summed E-state index contributed by atoms with van der Waals surface area (Å²) in [5.74, 6) is -1.29. The topological polar surface area (TPSA) is 180 Å². The molecule has 2 aromatic carbocycles. The third-order valence-electron chi connectivity index (χ3n) is 14.6. The van der Waals surface area contributed by atoms with E-state index in [0.717, 1.165) is 88.9 Å². The van der Waals surface area contributed by atoms with Crippen LogP contribution in [-0.4, -0.2) is 122 Å². The van der Waals surface area contributed by atoms with Gasteiger partial charge in [-0.15, -0.1) is 0 Å². The number of anilines is 1. The number of hydrogen-bond acceptors (Lipinski definition) is 11. The van der Waals surface area contributed by atoms with E-state index in [1.54, 1.807) is 31.3 Å². The van der Waals surface area contributed by atoms with E-state index in [9.17, 15) is 28.8 Å². The molecule has 65 heavy (non-hydrogen) atoms. The summed E-state index contributed by atoms with van der Waals surface area (Å²) in [5.41, 5.74) is 7.42. The van der Waals surface area contributed by atoms with Gasteiger partial charge in [0, 0.05) is 112 Å². The Labute approximate surface area is 374 Å². The van der Waals surface area contributed by atoms with Crippen molar-refractivity contribution in [1.82, 2.24) is 39.8 Å². The highest BCUT2D eigenvalue weighted by Gasteiger charge is 2.47. The number of hydrogen-bond donors (Lipinski definition) is 1. The van der Waals surface area contributed by atoms with Gasteiger partial charge in [0.1, 0.15) is 11.7 Å². The predicted molar refractivity (Wildman–Crippen MR) is 238 cm³/mol. The van der Waals surface area contributed by atoms with Crippen molar-refractivity contribution in [3.63, 3.8) is 0 Å². The molecule has 6 aliphatic heterocycles. The quantitative estimate of drug-likeness (QED) is 0.222. The number of nitrogens with zero attached hydrogens (tertiary/aromatic N) is 8. The first-order chi connectivity index (χ1) is 31.6. The molecule has 1 atom stereocenters. The number of carbonyl (C=O) groups is 6. The lowest BCUT2D eigenvalue weighted by molar-refractivity contribution is -0.136. The maximum absolute atomic E-state index is 13.7. The molecule has 332 valence electrons. The molecule has 11 rings (SSSR count). The highest BCUT2D eigenvalue weighted by Crippen LogP contribution is 2.41. The van der Waals surface area contributed by atoms with Crippen LogP contribution in [0.2, 0.25) is 0 Å². The number of aromatic nitrogens is 4. The monoisotopic (exact) mass is 875 g/mol. The van der Waals surface area contributed by atoms with Crippen LogP contribution in [0.25, 0.3) is 33.3 Å². The number of imide groups is 2. The Morgan fingerprint density at radius 1 is 0.785 bits per heavy atom. The van der Waals surface area contributed by atoms with Crippen molar-refractivity contribution >= 4 is 51.9 Å². The van der Waals surface area contributed by atoms with E-state index in [2.05, 4.69) is 32.0 Å². The Morgan fingerprint density at radius 2 is 1.57 bits per heavy atom. The zero-order valence-electron chi connectivity index (χ0n) is 36.2. The van der Waals surface area contributed by atoms with Crippen LogP contribution in [0.1, 0.15) is 94.0 Å². The summed E-state index contributed by atoms with van der Waals surface area (Å²) >= 11 is 0. The molecule has 0 saturated carbocycles. The van der Waals surface area contributed by atoms with Crippen LogP contribution in [0, 0.1) is 11.8 Å². The fourth-order valence-electron chi connectivity index (χ4n) is 10.9. The second-order valence-electron chi connectivity index (χ2n) is 18.2. The molecule has 0 aliphatic carbocycles. The fourth-order valence-corrected chi connectivity index (χ4v) is 10.9. The Balaban J connectivity index is 0.734. The molecule has 1 unspecified atom stereocenters. The van der Waals surface area contributed by atoms with Gasteiger partial charge >= 0.3 is 0 Å². The van der Waals surface area contributed by atoms with E-state index in [4.69, 9.17) is 14.8 Å². The lowest BCUT2D eigenvalue weighted by atomic mass is 9.79. The first kappa shape index (κ1) is 40.9. The van der Waals surface area contributed by atoms with E-state index in [1.165, 1.54) is 5.69 Å². The summed E-state index contributed by atoms with van der Waals surface area (Å²) in [7, 11) is 0. The number of fused-ring (bicyclic) bond motifs is 3. The number of benzene rings is 2. The van der Waals surface area contributed by atoms with Crippen LogP contribution in [0.15, 0.2) is 67.0 Å². The van der Waals surface area contributed by atoms with Gasteiger partial charge in [0.2, 0.25) is 17.7 Å². The third kappa shape index (κ3) is 7.14. The van der Waals surface area contributed by atoms with Crippen LogP contribution in [0.5, 0.6) is 0 Å². The molecule has 9 heterocycles. The highest BCUT2D eigenvalue weighted by atomic mass is 16.5. The minimum absolute atomic E-state index is 0.0618. The van der Waals surface area contributed by atoms with Crippen molar-refractivity contribution in [3.8, 4) is 22.5 Å². The molecule has 0 bridgehead atoms. The van der Waals surface area contributed by atoms with E-state index in [-0.39, 0.29) is 36.3 Å². The largest absolute Gasteiger partial charge is 0.381 e. The lowest BCUT2D eigenvalue weighted by Crippen LogP contribution is -2.54. The molecule has 0 radical (unpaired) electrons. The van der Waals surface area contributed by atoms with Crippen LogP contribution in [0.4, 0.5) is 5.69 Å². The van der Waals surface area contributed by atoms with Crippen LogP contribution >= 0.6 is 0 Å². The van der Waals surface area contributed by atoms with Crippen molar-refractivity contribution in [2.45, 2.75) is 70.5 Å². The van der Waals surface area contributed by atoms with Gasteiger partial charge in [-0.1, -0.05) is 24.3 Å². The predicted octanol–water partition coefficient (Wildman–Crippen LogP) is 4.81. The zero-order chi connectivity index (χ0) is 44.5. The van der Waals surface area contributed by atoms with E-state index < -0.39 is 29.7 Å². The number of amides is 6. The molecule has 6 amide bonds. The highest BCUT2D eigenvalue weighted by molar-refractivity contribution is 6.25. The molecule has 1 N–H and O–H groups in total. The lowest BCUT2D eigenvalue weighted by Gasteiger charge is -2.47. The fraction of sp³-hybridized carbons (Fsp3) is 0.408. The first-order valence-corrected chi connectivity index (χ1v) is 22.8. The molecule has 16 nitrogen and oxygen atoms in total. The second kappa shape index (κ2) is 16.3. The number of pyridine rings is 2. The van der Waals surface area contributed by atoms with Crippen molar-refractivity contribution in [2.24, 2.45) is 11.8 Å². The van der Waals surface area contributed by atoms with Gasteiger partial charge in [-0.25, -0.2) is 0 Å². The number of carbonyl (C=O) groups excluding carboxylic acids is 6. The maximum atomic E-state index is 13.7. The SMILES string of the molecule is CC(=O)N1CCc2c(c(-c3cccc4cc(-c5ccc(C(=O)N6CCC(C7CN(c8cccc9c8C(=O)N(C8CCC(=O)NC8=O)C9=O)C7)CC6)nc5)ncc34)nn2C2CCOCC2)C1. The molecule has 0 spiro atoms. The van der Waals surface area contributed by atoms with Crippen molar-refractivity contribution in [1.29, 1.82) is 0 Å². The Hall–Kier alpha value is -6.81. The minimum Gasteiger partial charge on any atom is -0.381 e. The number of ether oxygens (including phenoxy) is 1. The standard InChI is InChI=1S/C49H49N9O7/c1-28(59)55-19-14-40-37(27-55)45(53-58(40)33-15-20-65-21-16-33)34-5-2-4-30-22-39(51-24-36(30)34)31-8-9-38(50-23-31)48(63)54-17-12-29(13-18-54)32-25-56(26-32)41-7-3-6-35-44(41)49(64)57(47(35)62)42-10-11-43(60)52-46(42)61/h2-9,22-24,29,32-33,42H,10-21,25-27H2,1H3,(H,52,60,61). The Bertz CT molecular complexity index is 2800. The summed E-state index contributed by atoms with van der Waals surface area (Å²) < 4.78 is 7.87. The Morgan fingerprint density at radius 3 is 2.32 bits per heavy atom. The Kier molecular flexibility index (Phi) is 10.3. The first-order valence-electron chi connectivity index (χ1n) is 22.8. The van der Waals surface area contributed by atoms with Gasteiger partial charge < -0.3 is 19.4 Å². The smallest absolute Gasteiger partial charge is 0.272 e. The van der Waals surface area contributed by atoms with Gasteiger partial charge in [0.15, 0.2) is 0 Å². The minimum atomic E-state index is -1.01. The van der Waals surface area contributed by atoms with Gasteiger partial charge in [0.25, 0.3) is 17.7 Å². The average molecular weight is 876 g/mol. The third-order valence-corrected chi connectivity index (χ3v) is 14.6. The van der Waals surface area contributed by atoms with Crippen LogP contribution in [-0.2, 0) is 32.1 Å². The van der Waals surface area contributed by atoms with E-state index in [1.807, 2.05) is 40.3 Å². The van der Waals surface area contributed by atoms with Gasteiger partial charge in [0.05, 0.1) is 34.2 Å². The zero-order valence-corrected chi connectivity index (χ0v) is 36.2.